The first kappa shape index (κ1) is 17.8. The van der Waals surface area contributed by atoms with Gasteiger partial charge < -0.3 is 5.32 Å². The molecule has 0 aromatic heterocycles. The van der Waals surface area contributed by atoms with Gasteiger partial charge in [0.25, 0.3) is 10.0 Å². The Bertz CT molecular complexity index is 893. The lowest BCUT2D eigenvalue weighted by Crippen LogP contribution is -2.28. The maximum absolute atomic E-state index is 12.6. The number of carbonyl (C=O) groups excluding carboxylic acids is 1. The highest BCUT2D eigenvalue weighted by atomic mass is 32.2. The molecule has 1 aliphatic heterocycles. The van der Waals surface area contributed by atoms with Gasteiger partial charge in [0, 0.05) is 10.6 Å². The molecule has 2 aromatic carbocycles. The highest BCUT2D eigenvalue weighted by molar-refractivity contribution is 8.01. The van der Waals surface area contributed by atoms with E-state index in [1.165, 1.54) is 17.8 Å². The van der Waals surface area contributed by atoms with Crippen molar-refractivity contribution in [1.29, 1.82) is 0 Å². The molecule has 1 amide bonds. The van der Waals surface area contributed by atoms with Crippen LogP contribution in [0.4, 0.5) is 11.4 Å². The minimum absolute atomic E-state index is 0.0855. The Hall–Kier alpha value is -1.99. The van der Waals surface area contributed by atoms with Gasteiger partial charge in [0.1, 0.15) is 0 Å². The van der Waals surface area contributed by atoms with E-state index in [2.05, 4.69) is 10.0 Å². The van der Waals surface area contributed by atoms with Crippen LogP contribution < -0.4 is 10.0 Å². The Morgan fingerprint density at radius 3 is 2.48 bits per heavy atom. The van der Waals surface area contributed by atoms with Crippen molar-refractivity contribution in [1.82, 2.24) is 0 Å². The van der Waals surface area contributed by atoms with Gasteiger partial charge >= 0.3 is 0 Å². The van der Waals surface area contributed by atoms with Crippen molar-refractivity contribution in [2.45, 2.75) is 41.7 Å². The fraction of sp³-hybridized carbons (Fsp3) is 0.278. The fourth-order valence-electron chi connectivity index (χ4n) is 2.59. The molecule has 0 aliphatic carbocycles. The maximum atomic E-state index is 12.6. The van der Waals surface area contributed by atoms with E-state index >= 15 is 0 Å². The van der Waals surface area contributed by atoms with Crippen LogP contribution in [0.1, 0.15) is 25.8 Å². The second kappa shape index (κ2) is 7.09. The monoisotopic (exact) mass is 376 g/mol. The summed E-state index contributed by atoms with van der Waals surface area (Å²) in [5.74, 6) is -0.0855. The standard InChI is InChI=1S/C18H20N2O3S2/c1-3-12-5-7-13(8-6-12)20-25(22,23)14-9-10-17-15(11-14)19-18(21)16(4-2)24-17/h5-11,16,20H,3-4H2,1-2H3,(H,19,21)/t16-/m0/s1. The van der Waals surface area contributed by atoms with E-state index in [1.807, 2.05) is 26.0 Å². The van der Waals surface area contributed by atoms with Crippen LogP contribution in [0.3, 0.4) is 0 Å². The average Bonchev–Trinajstić information content (AvgIpc) is 2.61. The minimum atomic E-state index is -3.71. The van der Waals surface area contributed by atoms with E-state index in [-0.39, 0.29) is 16.1 Å². The summed E-state index contributed by atoms with van der Waals surface area (Å²) in [5, 5.41) is 2.67. The molecule has 1 atom stereocenters. The third-order valence-electron chi connectivity index (χ3n) is 4.07. The van der Waals surface area contributed by atoms with Crippen molar-refractivity contribution >= 4 is 39.1 Å². The van der Waals surface area contributed by atoms with Crippen LogP contribution in [-0.4, -0.2) is 19.6 Å². The third kappa shape index (κ3) is 3.82. The molecule has 0 unspecified atom stereocenters. The summed E-state index contributed by atoms with van der Waals surface area (Å²) in [4.78, 5) is 13.0. The first-order valence-corrected chi connectivity index (χ1v) is 10.5. The molecule has 0 saturated heterocycles. The van der Waals surface area contributed by atoms with Crippen molar-refractivity contribution in [3.63, 3.8) is 0 Å². The zero-order valence-electron chi connectivity index (χ0n) is 14.1. The van der Waals surface area contributed by atoms with Gasteiger partial charge in [-0.25, -0.2) is 8.42 Å². The molecular weight excluding hydrogens is 356 g/mol. The number of aryl methyl sites for hydroxylation is 1. The molecular formula is C18H20N2O3S2. The number of sulfonamides is 1. The Labute approximate surface area is 152 Å². The number of nitrogens with one attached hydrogen (secondary N) is 2. The van der Waals surface area contributed by atoms with Crippen molar-refractivity contribution in [3.8, 4) is 0 Å². The Kier molecular flexibility index (Phi) is 5.06. The second-order valence-corrected chi connectivity index (χ2v) is 8.74. The number of anilines is 2. The molecule has 0 radical (unpaired) electrons. The molecule has 7 heteroatoms. The van der Waals surface area contributed by atoms with E-state index in [0.717, 1.165) is 23.3 Å². The fourth-order valence-corrected chi connectivity index (χ4v) is 4.70. The predicted molar refractivity (Wildman–Crippen MR) is 102 cm³/mol. The van der Waals surface area contributed by atoms with Crippen LogP contribution in [0.2, 0.25) is 0 Å². The summed E-state index contributed by atoms with van der Waals surface area (Å²) in [6.45, 7) is 4.00. The summed E-state index contributed by atoms with van der Waals surface area (Å²) in [7, 11) is -3.71. The molecule has 2 aromatic rings. The van der Waals surface area contributed by atoms with E-state index in [1.54, 1.807) is 24.3 Å². The smallest absolute Gasteiger partial charge is 0.261 e. The number of fused-ring (bicyclic) bond motifs is 1. The quantitative estimate of drug-likeness (QED) is 0.830. The number of carbonyl (C=O) groups is 1. The molecule has 0 bridgehead atoms. The zero-order chi connectivity index (χ0) is 18.0. The number of rotatable bonds is 5. The van der Waals surface area contributed by atoms with Gasteiger partial charge in [-0.3, -0.25) is 9.52 Å². The summed E-state index contributed by atoms with van der Waals surface area (Å²) < 4.78 is 27.8. The van der Waals surface area contributed by atoms with E-state index in [9.17, 15) is 13.2 Å². The van der Waals surface area contributed by atoms with Gasteiger partial charge in [-0.05, 0) is 48.7 Å². The van der Waals surface area contributed by atoms with Crippen molar-refractivity contribution < 1.29 is 13.2 Å². The lowest BCUT2D eigenvalue weighted by atomic mass is 10.2. The van der Waals surface area contributed by atoms with Crippen molar-refractivity contribution in [2.75, 3.05) is 10.0 Å². The number of hydrogen-bond acceptors (Lipinski definition) is 4. The minimum Gasteiger partial charge on any atom is -0.324 e. The molecule has 25 heavy (non-hydrogen) atoms. The van der Waals surface area contributed by atoms with Crippen LogP contribution in [0.15, 0.2) is 52.3 Å². The lowest BCUT2D eigenvalue weighted by molar-refractivity contribution is -0.115. The van der Waals surface area contributed by atoms with Crippen LogP contribution in [0.5, 0.6) is 0 Å². The molecule has 3 rings (SSSR count). The molecule has 0 fully saturated rings. The first-order chi connectivity index (χ1) is 11.9. The summed E-state index contributed by atoms with van der Waals surface area (Å²) in [6, 6.07) is 12.1. The average molecular weight is 377 g/mol. The van der Waals surface area contributed by atoms with Crippen LogP contribution >= 0.6 is 11.8 Å². The Balaban J connectivity index is 1.85. The van der Waals surface area contributed by atoms with Gasteiger partial charge in [0.2, 0.25) is 5.91 Å². The number of amides is 1. The molecule has 0 saturated carbocycles. The zero-order valence-corrected chi connectivity index (χ0v) is 15.7. The molecule has 132 valence electrons. The van der Waals surface area contributed by atoms with E-state index in [4.69, 9.17) is 0 Å². The van der Waals surface area contributed by atoms with E-state index < -0.39 is 10.0 Å². The Morgan fingerprint density at radius 2 is 1.84 bits per heavy atom. The summed E-state index contributed by atoms with van der Waals surface area (Å²) >= 11 is 1.47. The lowest BCUT2D eigenvalue weighted by Gasteiger charge is -2.23. The normalized spacial score (nSPS) is 16.9. The Morgan fingerprint density at radius 1 is 1.12 bits per heavy atom. The van der Waals surface area contributed by atoms with Crippen molar-refractivity contribution in [2.24, 2.45) is 0 Å². The second-order valence-electron chi connectivity index (χ2n) is 5.82. The van der Waals surface area contributed by atoms with Gasteiger partial charge in [-0.15, -0.1) is 11.8 Å². The highest BCUT2D eigenvalue weighted by Crippen LogP contribution is 2.38. The SMILES string of the molecule is CCc1ccc(NS(=O)(=O)c2ccc3c(c2)NC(=O)[C@H](CC)S3)cc1. The van der Waals surface area contributed by atoms with Gasteiger partial charge in [0.05, 0.1) is 15.8 Å². The van der Waals surface area contributed by atoms with Gasteiger partial charge in [-0.2, -0.15) is 0 Å². The number of benzene rings is 2. The predicted octanol–water partition coefficient (Wildman–Crippen LogP) is 3.87. The summed E-state index contributed by atoms with van der Waals surface area (Å²) in [6.07, 6.45) is 1.62. The summed E-state index contributed by atoms with van der Waals surface area (Å²) in [5.41, 5.74) is 2.20. The molecule has 0 spiro atoms. The molecule has 5 nitrogen and oxygen atoms in total. The van der Waals surface area contributed by atoms with Gasteiger partial charge in [-0.1, -0.05) is 26.0 Å². The van der Waals surface area contributed by atoms with Crippen LogP contribution in [0.25, 0.3) is 0 Å². The van der Waals surface area contributed by atoms with Crippen molar-refractivity contribution in [3.05, 3.63) is 48.0 Å². The number of hydrogen-bond donors (Lipinski definition) is 2. The highest BCUT2D eigenvalue weighted by Gasteiger charge is 2.27. The number of thioether (sulfide) groups is 1. The molecule has 1 aliphatic rings. The maximum Gasteiger partial charge on any atom is 0.261 e. The van der Waals surface area contributed by atoms with Crippen LogP contribution in [-0.2, 0) is 21.2 Å². The largest absolute Gasteiger partial charge is 0.324 e. The van der Waals surface area contributed by atoms with E-state index in [0.29, 0.717) is 11.4 Å². The third-order valence-corrected chi connectivity index (χ3v) is 6.89. The van der Waals surface area contributed by atoms with Crippen LogP contribution in [0, 0.1) is 0 Å². The topological polar surface area (TPSA) is 75.3 Å². The molecule has 1 heterocycles. The van der Waals surface area contributed by atoms with Gasteiger partial charge in [0.15, 0.2) is 0 Å². The first-order valence-electron chi connectivity index (χ1n) is 8.16. The molecule has 2 N–H and O–H groups in total.